The van der Waals surface area contributed by atoms with E-state index in [0.717, 1.165) is 24.2 Å². The number of rotatable bonds is 5. The van der Waals surface area contributed by atoms with Gasteiger partial charge in [0, 0.05) is 17.9 Å². The zero-order chi connectivity index (χ0) is 17.2. The van der Waals surface area contributed by atoms with Crippen LogP contribution in [0.5, 0.6) is 0 Å². The van der Waals surface area contributed by atoms with Crippen molar-refractivity contribution in [1.82, 2.24) is 0 Å². The molecule has 5 nitrogen and oxygen atoms in total. The van der Waals surface area contributed by atoms with Gasteiger partial charge in [0.2, 0.25) is 10.4 Å². The van der Waals surface area contributed by atoms with Crippen LogP contribution in [0.4, 0.5) is 11.4 Å². The number of aryl methyl sites for hydroxylation is 2. The smallest absolute Gasteiger partial charge is 0.726 e. The fraction of sp³-hybridized carbons (Fsp3) is 0.333. The Labute approximate surface area is 171 Å². The van der Waals surface area contributed by atoms with Crippen molar-refractivity contribution >= 4 is 21.8 Å². The molecular weight excluding hydrogens is 349 g/mol. The van der Waals surface area contributed by atoms with Crippen LogP contribution in [0.3, 0.4) is 0 Å². The summed E-state index contributed by atoms with van der Waals surface area (Å²) in [4.78, 5) is 2.20. The molecule has 128 valence electrons. The second kappa shape index (κ2) is 8.66. The third kappa shape index (κ3) is 5.29. The van der Waals surface area contributed by atoms with E-state index in [1.165, 1.54) is 11.1 Å². The molecule has 7 heteroatoms. The first-order valence-corrected chi connectivity index (χ1v) is 9.31. The molecule has 1 aliphatic heterocycles. The van der Waals surface area contributed by atoms with Gasteiger partial charge in [-0.15, -0.1) is 0 Å². The first kappa shape index (κ1) is 20.4. The van der Waals surface area contributed by atoms with Gasteiger partial charge in [0.1, 0.15) is 0 Å². The second-order valence-electron chi connectivity index (χ2n) is 6.17. The Bertz CT molecular complexity index is 778. The van der Waals surface area contributed by atoms with Gasteiger partial charge in [-0.25, -0.2) is 8.42 Å². The van der Waals surface area contributed by atoms with E-state index in [0.29, 0.717) is 6.54 Å². The Kier molecular flexibility index (Phi) is 7.08. The third-order valence-corrected chi connectivity index (χ3v) is 4.64. The molecule has 0 bridgehead atoms. The average molecular weight is 369 g/mol. The molecule has 25 heavy (non-hydrogen) atoms. The van der Waals surface area contributed by atoms with E-state index in [4.69, 9.17) is 0 Å². The van der Waals surface area contributed by atoms with Crippen LogP contribution in [0.2, 0.25) is 0 Å². The van der Waals surface area contributed by atoms with E-state index in [1.54, 1.807) is 0 Å². The minimum Gasteiger partial charge on any atom is -0.726 e. The molecule has 1 heterocycles. The molecule has 3 rings (SSSR count). The monoisotopic (exact) mass is 369 g/mol. The summed E-state index contributed by atoms with van der Waals surface area (Å²) in [6.07, 6.45) is 1.92. The summed E-state index contributed by atoms with van der Waals surface area (Å²) in [7, 11) is -4.66. The fourth-order valence-corrected chi connectivity index (χ4v) is 3.53. The van der Waals surface area contributed by atoms with Crippen LogP contribution in [0.25, 0.3) is 0 Å². The molecule has 0 aromatic heterocycles. The predicted molar refractivity (Wildman–Crippen MR) is 92.1 cm³/mol. The maximum Gasteiger partial charge on any atom is 1.00 e. The summed E-state index contributed by atoms with van der Waals surface area (Å²) in [6.45, 7) is 2.33. The zero-order valence-corrected chi connectivity index (χ0v) is 17.3. The molecule has 1 atom stereocenters. The van der Waals surface area contributed by atoms with Gasteiger partial charge in [-0.05, 0) is 42.0 Å². The maximum atomic E-state index is 10.7. The van der Waals surface area contributed by atoms with Gasteiger partial charge >= 0.3 is 29.6 Å². The van der Waals surface area contributed by atoms with Gasteiger partial charge in [-0.2, -0.15) is 0 Å². The quantitative estimate of drug-likeness (QED) is 0.423. The molecule has 0 saturated heterocycles. The molecule has 0 amide bonds. The number of para-hydroxylation sites is 2. The molecule has 0 radical (unpaired) electrons. The minimum atomic E-state index is -4.66. The summed E-state index contributed by atoms with van der Waals surface area (Å²) in [6, 6.07) is 16.5. The van der Waals surface area contributed by atoms with E-state index in [-0.39, 0.29) is 42.1 Å². The third-order valence-electron chi connectivity index (χ3n) is 4.22. The minimum absolute atomic E-state index is 0. The van der Waals surface area contributed by atoms with Gasteiger partial charge < -0.3 is 9.45 Å². The second-order valence-corrected chi connectivity index (χ2v) is 7.22. The number of anilines is 2. The molecular formula is C18H20NNaO4S. The zero-order valence-electron chi connectivity index (χ0n) is 14.5. The first-order chi connectivity index (χ1) is 11.4. The van der Waals surface area contributed by atoms with Gasteiger partial charge in [0.25, 0.3) is 0 Å². The summed E-state index contributed by atoms with van der Waals surface area (Å²) >= 11 is 0. The predicted octanol–water partition coefficient (Wildman–Crippen LogP) is 0.0402. The van der Waals surface area contributed by atoms with E-state index >= 15 is 0 Å². The van der Waals surface area contributed by atoms with Gasteiger partial charge in [-0.3, -0.25) is 4.18 Å². The number of fused-ring (bicyclic) bond motifs is 2. The molecule has 2 aromatic rings. The summed E-state index contributed by atoms with van der Waals surface area (Å²) in [5.41, 5.74) is 4.77. The Morgan fingerprint density at radius 2 is 1.52 bits per heavy atom. The standard InChI is InChI=1S/C18H21NO4S.Na/c1-14(13-23-24(20,21)22)12-19-17-8-4-2-6-15(17)10-11-16-7-3-5-9-18(16)19;/h2-9,14H,10-13H2,1H3,(H,20,21,22);/q;+1/p-1. The summed E-state index contributed by atoms with van der Waals surface area (Å²) in [5, 5.41) is 0. The average Bonchev–Trinajstić information content (AvgIpc) is 2.71. The molecule has 0 spiro atoms. The van der Waals surface area contributed by atoms with Gasteiger partial charge in [0.15, 0.2) is 0 Å². The normalized spacial score (nSPS) is 14.7. The Morgan fingerprint density at radius 1 is 1.04 bits per heavy atom. The van der Waals surface area contributed by atoms with E-state index in [9.17, 15) is 13.0 Å². The topological polar surface area (TPSA) is 69.7 Å². The van der Waals surface area contributed by atoms with Crippen LogP contribution in [-0.2, 0) is 27.4 Å². The molecule has 1 unspecified atom stereocenters. The number of nitrogens with zero attached hydrogens (tertiary/aromatic N) is 1. The van der Waals surface area contributed by atoms with Gasteiger partial charge in [-0.1, -0.05) is 43.3 Å². The summed E-state index contributed by atoms with van der Waals surface area (Å²) in [5.74, 6) is -0.118. The fourth-order valence-electron chi connectivity index (χ4n) is 3.13. The van der Waals surface area contributed by atoms with Crippen molar-refractivity contribution in [2.24, 2.45) is 5.92 Å². The van der Waals surface area contributed by atoms with Crippen LogP contribution in [0, 0.1) is 5.92 Å². The number of hydrogen-bond acceptors (Lipinski definition) is 5. The van der Waals surface area contributed by atoms with Crippen molar-refractivity contribution in [2.45, 2.75) is 19.8 Å². The van der Waals surface area contributed by atoms with Crippen LogP contribution in [0.15, 0.2) is 48.5 Å². The summed E-state index contributed by atoms with van der Waals surface area (Å²) < 4.78 is 36.5. The molecule has 1 aliphatic rings. The number of benzene rings is 2. The Balaban J connectivity index is 0.00000225. The molecule has 0 fully saturated rings. The molecule has 2 aromatic carbocycles. The van der Waals surface area contributed by atoms with E-state index in [1.807, 2.05) is 31.2 Å². The van der Waals surface area contributed by atoms with Crippen molar-refractivity contribution in [1.29, 1.82) is 0 Å². The van der Waals surface area contributed by atoms with Crippen molar-refractivity contribution in [3.05, 3.63) is 59.7 Å². The van der Waals surface area contributed by atoms with Crippen LogP contribution < -0.4 is 34.5 Å². The van der Waals surface area contributed by atoms with Crippen LogP contribution in [0.1, 0.15) is 18.1 Å². The molecule has 0 N–H and O–H groups in total. The largest absolute Gasteiger partial charge is 1.00 e. The number of hydrogen-bond donors (Lipinski definition) is 0. The van der Waals surface area contributed by atoms with E-state index < -0.39 is 10.4 Å². The van der Waals surface area contributed by atoms with Gasteiger partial charge in [0.05, 0.1) is 6.61 Å². The SMILES string of the molecule is CC(COS(=O)(=O)[O-])CN1c2ccccc2CCc2ccccc21.[Na+]. The molecule has 0 saturated carbocycles. The first-order valence-electron chi connectivity index (χ1n) is 7.97. The Hall–Kier alpha value is -0.890. The molecule has 0 aliphatic carbocycles. The van der Waals surface area contributed by atoms with Crippen molar-refractivity contribution in [3.63, 3.8) is 0 Å². The van der Waals surface area contributed by atoms with E-state index in [2.05, 4.69) is 33.3 Å². The van der Waals surface area contributed by atoms with Crippen LogP contribution >= 0.6 is 0 Å². The maximum absolute atomic E-state index is 10.7. The Morgan fingerprint density at radius 3 is 2.00 bits per heavy atom. The van der Waals surface area contributed by atoms with Crippen molar-refractivity contribution < 1.29 is 46.7 Å². The van der Waals surface area contributed by atoms with Crippen LogP contribution in [-0.4, -0.2) is 26.1 Å². The van der Waals surface area contributed by atoms with Crippen molar-refractivity contribution in [3.8, 4) is 0 Å². The van der Waals surface area contributed by atoms with Crippen molar-refractivity contribution in [2.75, 3.05) is 18.1 Å².